The van der Waals surface area contributed by atoms with E-state index in [2.05, 4.69) is 204 Å². The average Bonchev–Trinajstić information content (AvgIpc) is 3.76. The largest absolute Gasteiger partial charge is 0.310 e. The number of aromatic nitrogens is 1. The van der Waals surface area contributed by atoms with Crippen LogP contribution in [-0.2, 0) is 0 Å². The van der Waals surface area contributed by atoms with Gasteiger partial charge in [-0.05, 0) is 112 Å². The Balaban J connectivity index is 1.17. The van der Waals surface area contributed by atoms with E-state index in [1.807, 2.05) is 11.3 Å². The Hall–Kier alpha value is -6.68. The van der Waals surface area contributed by atoms with Crippen molar-refractivity contribution in [3.05, 3.63) is 194 Å². The van der Waals surface area contributed by atoms with Crippen LogP contribution in [0.5, 0.6) is 0 Å². The maximum absolute atomic E-state index is 2.47. The highest BCUT2D eigenvalue weighted by Gasteiger charge is 2.21. The van der Waals surface area contributed by atoms with Crippen molar-refractivity contribution in [2.75, 3.05) is 4.90 Å². The highest BCUT2D eigenvalue weighted by molar-refractivity contribution is 7.26. The molecule has 0 aliphatic rings. The maximum atomic E-state index is 2.47. The van der Waals surface area contributed by atoms with Gasteiger partial charge in [-0.1, -0.05) is 115 Å². The third-order valence-corrected chi connectivity index (χ3v) is 11.8. The summed E-state index contributed by atoms with van der Waals surface area (Å²) in [5, 5.41) is 10.0. The van der Waals surface area contributed by atoms with Gasteiger partial charge < -0.3 is 9.47 Å². The molecule has 2 nitrogen and oxygen atoms in total. The molecule has 0 saturated heterocycles. The second-order valence-electron chi connectivity index (χ2n) is 13.8. The number of thiophene rings is 1. The first kappa shape index (κ1) is 30.0. The quantitative estimate of drug-likeness (QED) is 0.174. The Morgan fingerprint density at radius 3 is 1.91 bits per heavy atom. The third-order valence-electron chi connectivity index (χ3n) is 10.7. The van der Waals surface area contributed by atoms with Crippen LogP contribution in [0, 0.1) is 0 Å². The maximum Gasteiger partial charge on any atom is 0.0554 e. The minimum atomic E-state index is 1.13. The van der Waals surface area contributed by atoms with Crippen LogP contribution < -0.4 is 4.90 Å². The molecule has 0 amide bonds. The van der Waals surface area contributed by atoms with Crippen LogP contribution in [0.3, 0.4) is 0 Å². The van der Waals surface area contributed by atoms with Crippen LogP contribution in [-0.4, -0.2) is 4.57 Å². The highest BCUT2D eigenvalue weighted by Crippen LogP contribution is 2.47. The van der Waals surface area contributed by atoms with Crippen LogP contribution in [0.2, 0.25) is 0 Å². The number of hydrogen-bond acceptors (Lipinski definition) is 2. The molecule has 2 aromatic heterocycles. The first-order valence-corrected chi connectivity index (χ1v) is 18.9. The van der Waals surface area contributed by atoms with E-state index in [1.54, 1.807) is 0 Å². The molecule has 0 aliphatic heterocycles. The SMILES string of the molecule is c1ccc(-c2ccc3cc(N(c4ccc5c(c4)c4ccccc4n5-c4ccccc4)c4cccc5sc6cc7ccccc7cc6c45)ccc3c2)cc1. The van der Waals surface area contributed by atoms with E-state index in [0.29, 0.717) is 0 Å². The van der Waals surface area contributed by atoms with Crippen molar-refractivity contribution in [2.45, 2.75) is 0 Å². The topological polar surface area (TPSA) is 8.17 Å². The summed E-state index contributed by atoms with van der Waals surface area (Å²) in [7, 11) is 0. The van der Waals surface area contributed by atoms with Crippen LogP contribution in [0.4, 0.5) is 17.1 Å². The van der Waals surface area contributed by atoms with Gasteiger partial charge in [0.25, 0.3) is 0 Å². The van der Waals surface area contributed by atoms with E-state index in [0.717, 1.165) is 17.1 Å². The first-order valence-electron chi connectivity index (χ1n) is 18.1. The van der Waals surface area contributed by atoms with Crippen LogP contribution in [0.1, 0.15) is 0 Å². The molecule has 0 unspecified atom stereocenters. The van der Waals surface area contributed by atoms with Crippen LogP contribution in [0.25, 0.3) is 80.3 Å². The molecule has 248 valence electrons. The smallest absolute Gasteiger partial charge is 0.0554 e. The lowest BCUT2D eigenvalue weighted by atomic mass is 10.00. The Kier molecular flexibility index (Phi) is 6.76. The van der Waals surface area contributed by atoms with Crippen molar-refractivity contribution in [2.24, 2.45) is 0 Å². The predicted octanol–water partition coefficient (Wildman–Crippen LogP) is 14.6. The summed E-state index contributed by atoms with van der Waals surface area (Å²) in [5.41, 5.74) is 9.44. The molecular formula is C50H32N2S. The van der Waals surface area contributed by atoms with E-state index in [1.165, 1.54) is 80.3 Å². The van der Waals surface area contributed by atoms with Crippen molar-refractivity contribution in [3.8, 4) is 16.8 Å². The molecule has 0 bridgehead atoms. The lowest BCUT2D eigenvalue weighted by Gasteiger charge is -2.27. The van der Waals surface area contributed by atoms with E-state index in [4.69, 9.17) is 0 Å². The van der Waals surface area contributed by atoms with Crippen molar-refractivity contribution in [1.29, 1.82) is 0 Å². The summed E-state index contributed by atoms with van der Waals surface area (Å²) >= 11 is 1.88. The normalized spacial score (nSPS) is 11.8. The van der Waals surface area contributed by atoms with Gasteiger partial charge in [-0.2, -0.15) is 0 Å². The number of rotatable bonds is 5. The predicted molar refractivity (Wildman–Crippen MR) is 229 cm³/mol. The molecule has 9 aromatic carbocycles. The van der Waals surface area contributed by atoms with E-state index in [9.17, 15) is 0 Å². The number of anilines is 3. The van der Waals surface area contributed by atoms with Crippen molar-refractivity contribution in [3.63, 3.8) is 0 Å². The zero-order chi connectivity index (χ0) is 34.9. The molecule has 0 N–H and O–H groups in total. The average molecular weight is 693 g/mol. The van der Waals surface area contributed by atoms with Gasteiger partial charge in [-0.3, -0.25) is 0 Å². The number of para-hydroxylation sites is 2. The Morgan fingerprint density at radius 2 is 1.04 bits per heavy atom. The zero-order valence-electron chi connectivity index (χ0n) is 28.8. The summed E-state index contributed by atoms with van der Waals surface area (Å²) in [5.74, 6) is 0. The molecule has 0 spiro atoms. The molecule has 0 radical (unpaired) electrons. The van der Waals surface area contributed by atoms with E-state index >= 15 is 0 Å². The lowest BCUT2D eigenvalue weighted by molar-refractivity contribution is 1.18. The molecule has 2 heterocycles. The molecule has 11 aromatic rings. The van der Waals surface area contributed by atoms with Gasteiger partial charge in [0, 0.05) is 48.0 Å². The van der Waals surface area contributed by atoms with Crippen LogP contribution >= 0.6 is 11.3 Å². The van der Waals surface area contributed by atoms with E-state index < -0.39 is 0 Å². The number of benzene rings is 9. The summed E-state index contributed by atoms with van der Waals surface area (Å²) in [4.78, 5) is 2.47. The summed E-state index contributed by atoms with van der Waals surface area (Å²) in [6, 6.07) is 71.0. The molecule has 0 saturated carbocycles. The molecule has 0 atom stereocenters. The van der Waals surface area contributed by atoms with Crippen molar-refractivity contribution >= 4 is 91.9 Å². The van der Waals surface area contributed by atoms with Gasteiger partial charge in [0.2, 0.25) is 0 Å². The first-order chi connectivity index (χ1) is 26.3. The number of fused-ring (bicyclic) bond motifs is 8. The Labute approximate surface area is 311 Å². The standard InChI is InChI=1S/C50H32N2S/c1-3-12-33(13-4-1)36-22-23-38-29-40(25-24-37(38)28-36)51(47-20-11-21-48-50(47)44-30-34-14-7-8-15-35(34)31-49(44)53-48)41-26-27-46-43(32-41)42-18-9-10-19-45(42)52(46)39-16-5-2-6-17-39/h1-32H. The fraction of sp³-hybridized carbons (Fsp3) is 0. The molecule has 11 rings (SSSR count). The molecular weight excluding hydrogens is 661 g/mol. The lowest BCUT2D eigenvalue weighted by Crippen LogP contribution is -2.10. The highest BCUT2D eigenvalue weighted by atomic mass is 32.1. The number of hydrogen-bond donors (Lipinski definition) is 0. The molecule has 53 heavy (non-hydrogen) atoms. The van der Waals surface area contributed by atoms with Gasteiger partial charge in [0.1, 0.15) is 0 Å². The van der Waals surface area contributed by atoms with Crippen LogP contribution in [0.15, 0.2) is 194 Å². The van der Waals surface area contributed by atoms with Gasteiger partial charge in [-0.25, -0.2) is 0 Å². The third kappa shape index (κ3) is 4.86. The Bertz CT molecular complexity index is 3170. The monoisotopic (exact) mass is 692 g/mol. The molecule has 3 heteroatoms. The fourth-order valence-electron chi connectivity index (χ4n) is 8.24. The summed E-state index contributed by atoms with van der Waals surface area (Å²) in [6.45, 7) is 0. The fourth-order valence-corrected chi connectivity index (χ4v) is 9.40. The van der Waals surface area contributed by atoms with Crippen molar-refractivity contribution < 1.29 is 0 Å². The second kappa shape index (κ2) is 11.9. The van der Waals surface area contributed by atoms with Gasteiger partial charge in [0.15, 0.2) is 0 Å². The second-order valence-corrected chi connectivity index (χ2v) is 14.9. The zero-order valence-corrected chi connectivity index (χ0v) is 29.6. The van der Waals surface area contributed by atoms with Crippen molar-refractivity contribution in [1.82, 2.24) is 4.57 Å². The minimum Gasteiger partial charge on any atom is -0.310 e. The number of nitrogens with zero attached hydrogens (tertiary/aromatic N) is 2. The van der Waals surface area contributed by atoms with E-state index in [-0.39, 0.29) is 0 Å². The summed E-state index contributed by atoms with van der Waals surface area (Å²) in [6.07, 6.45) is 0. The molecule has 0 aliphatic carbocycles. The Morgan fingerprint density at radius 1 is 0.377 bits per heavy atom. The summed E-state index contributed by atoms with van der Waals surface area (Å²) < 4.78 is 4.98. The van der Waals surface area contributed by atoms with Gasteiger partial charge in [-0.15, -0.1) is 11.3 Å². The van der Waals surface area contributed by atoms with Gasteiger partial charge >= 0.3 is 0 Å². The van der Waals surface area contributed by atoms with Gasteiger partial charge in [0.05, 0.1) is 16.7 Å². The minimum absolute atomic E-state index is 1.13. The molecule has 0 fully saturated rings.